The molecule has 0 atom stereocenters. The fourth-order valence-electron chi connectivity index (χ4n) is 2.22. The van der Waals surface area contributed by atoms with E-state index in [4.69, 9.17) is 18.9 Å². The van der Waals surface area contributed by atoms with Crippen LogP contribution in [-0.4, -0.2) is 32.2 Å². The van der Waals surface area contributed by atoms with Gasteiger partial charge in [-0.05, 0) is 6.07 Å². The maximum Gasteiger partial charge on any atom is 0.342 e. The minimum absolute atomic E-state index is 0.116. The molecule has 8 heteroatoms. The van der Waals surface area contributed by atoms with Gasteiger partial charge in [0, 0.05) is 18.2 Å². The van der Waals surface area contributed by atoms with E-state index in [0.29, 0.717) is 17.1 Å². The molecule has 0 unspecified atom stereocenters. The van der Waals surface area contributed by atoms with Gasteiger partial charge in [0.25, 0.3) is 5.69 Å². The number of carbonyl (C=O) groups excluding carboxylic acids is 1. The van der Waals surface area contributed by atoms with Crippen LogP contribution in [0.25, 0.3) is 0 Å². The van der Waals surface area contributed by atoms with E-state index in [1.54, 1.807) is 12.1 Å². The number of nitro groups is 1. The lowest BCUT2D eigenvalue weighted by molar-refractivity contribution is -0.385. The third-order valence-corrected chi connectivity index (χ3v) is 3.47. The molecular formula is C17H17NO7. The maximum absolute atomic E-state index is 12.4. The van der Waals surface area contributed by atoms with Crippen LogP contribution in [0.1, 0.15) is 15.9 Å². The Morgan fingerprint density at radius 2 is 1.60 bits per heavy atom. The summed E-state index contributed by atoms with van der Waals surface area (Å²) >= 11 is 0. The van der Waals surface area contributed by atoms with E-state index < -0.39 is 10.9 Å². The van der Waals surface area contributed by atoms with Crippen LogP contribution in [0.2, 0.25) is 0 Å². The van der Waals surface area contributed by atoms with E-state index in [-0.39, 0.29) is 23.6 Å². The van der Waals surface area contributed by atoms with Crippen molar-refractivity contribution in [2.24, 2.45) is 0 Å². The zero-order valence-electron chi connectivity index (χ0n) is 14.0. The Morgan fingerprint density at radius 1 is 1.00 bits per heavy atom. The van der Waals surface area contributed by atoms with Crippen molar-refractivity contribution in [2.75, 3.05) is 21.3 Å². The minimum atomic E-state index is -0.698. The highest BCUT2D eigenvalue weighted by Crippen LogP contribution is 2.35. The van der Waals surface area contributed by atoms with Gasteiger partial charge in [0.2, 0.25) is 0 Å². The average Bonchev–Trinajstić information content (AvgIpc) is 2.64. The van der Waals surface area contributed by atoms with Gasteiger partial charge in [-0.25, -0.2) is 4.79 Å². The minimum Gasteiger partial charge on any atom is -0.496 e. The smallest absolute Gasteiger partial charge is 0.342 e. The first-order valence-corrected chi connectivity index (χ1v) is 7.21. The van der Waals surface area contributed by atoms with Crippen molar-refractivity contribution in [3.05, 3.63) is 57.6 Å². The van der Waals surface area contributed by atoms with E-state index in [0.717, 1.165) is 0 Å². The number of nitrogens with zero attached hydrogens (tertiary/aromatic N) is 1. The van der Waals surface area contributed by atoms with Gasteiger partial charge in [0.05, 0.1) is 31.8 Å². The molecule has 25 heavy (non-hydrogen) atoms. The van der Waals surface area contributed by atoms with Crippen LogP contribution >= 0.6 is 0 Å². The highest BCUT2D eigenvalue weighted by atomic mass is 16.6. The van der Waals surface area contributed by atoms with Crippen molar-refractivity contribution in [2.45, 2.75) is 6.61 Å². The molecule has 132 valence electrons. The second-order valence-electron chi connectivity index (χ2n) is 4.87. The standard InChI is InChI=1S/C17H17NO7/c1-22-14-9-16(24-3)15(23-2)8-12(14)17(19)25-10-11-6-4-5-7-13(11)18(20)21/h4-9H,10H2,1-3H3. The first-order chi connectivity index (χ1) is 12.0. The van der Waals surface area contributed by atoms with Gasteiger partial charge in [-0.2, -0.15) is 0 Å². The molecule has 0 aliphatic carbocycles. The predicted molar refractivity (Wildman–Crippen MR) is 88.3 cm³/mol. The molecule has 0 saturated carbocycles. The molecule has 0 saturated heterocycles. The van der Waals surface area contributed by atoms with Crippen molar-refractivity contribution in [1.82, 2.24) is 0 Å². The Balaban J connectivity index is 2.25. The monoisotopic (exact) mass is 347 g/mol. The molecular weight excluding hydrogens is 330 g/mol. The Hall–Kier alpha value is -3.29. The van der Waals surface area contributed by atoms with Crippen molar-refractivity contribution < 1.29 is 28.7 Å². The van der Waals surface area contributed by atoms with Gasteiger partial charge in [-0.1, -0.05) is 12.1 Å². The first kappa shape index (κ1) is 18.1. The van der Waals surface area contributed by atoms with Gasteiger partial charge >= 0.3 is 5.97 Å². The first-order valence-electron chi connectivity index (χ1n) is 7.21. The molecule has 2 aromatic rings. The number of nitro benzene ring substituents is 1. The van der Waals surface area contributed by atoms with Crippen molar-refractivity contribution in [1.29, 1.82) is 0 Å². The number of hydrogen-bond acceptors (Lipinski definition) is 7. The summed E-state index contributed by atoms with van der Waals surface area (Å²) in [4.78, 5) is 22.9. The van der Waals surface area contributed by atoms with Crippen LogP contribution < -0.4 is 14.2 Å². The summed E-state index contributed by atoms with van der Waals surface area (Å²) in [5.74, 6) is 0.275. The second-order valence-corrected chi connectivity index (χ2v) is 4.87. The molecule has 0 aliphatic rings. The number of methoxy groups -OCH3 is 3. The summed E-state index contributed by atoms with van der Waals surface area (Å²) in [6, 6.07) is 8.98. The lowest BCUT2D eigenvalue weighted by Crippen LogP contribution is -2.09. The fraction of sp³-hybridized carbons (Fsp3) is 0.235. The Labute approximate surface area is 144 Å². The fourth-order valence-corrected chi connectivity index (χ4v) is 2.22. The molecule has 0 fully saturated rings. The second kappa shape index (κ2) is 8.00. The van der Waals surface area contributed by atoms with E-state index in [1.165, 1.54) is 45.6 Å². The van der Waals surface area contributed by atoms with Gasteiger partial charge < -0.3 is 18.9 Å². The van der Waals surface area contributed by atoms with Crippen molar-refractivity contribution in [3.8, 4) is 17.2 Å². The van der Waals surface area contributed by atoms with Gasteiger partial charge in [0.15, 0.2) is 11.5 Å². The van der Waals surface area contributed by atoms with E-state index >= 15 is 0 Å². The topological polar surface area (TPSA) is 97.1 Å². The number of para-hydroxylation sites is 1. The van der Waals surface area contributed by atoms with E-state index in [1.807, 2.05) is 0 Å². The van der Waals surface area contributed by atoms with Crippen LogP contribution in [0.5, 0.6) is 17.2 Å². The summed E-state index contributed by atoms with van der Waals surface area (Å²) in [5, 5.41) is 11.0. The molecule has 2 rings (SSSR count). The van der Waals surface area contributed by atoms with Crippen LogP contribution in [-0.2, 0) is 11.3 Å². The molecule has 0 spiro atoms. The number of hydrogen-bond donors (Lipinski definition) is 0. The van der Waals surface area contributed by atoms with Gasteiger partial charge in [-0.15, -0.1) is 0 Å². The summed E-state index contributed by atoms with van der Waals surface area (Å²) < 4.78 is 20.7. The molecule has 0 amide bonds. The summed E-state index contributed by atoms with van der Waals surface area (Å²) in [6.45, 7) is -0.243. The molecule has 0 N–H and O–H groups in total. The number of ether oxygens (including phenoxy) is 4. The van der Waals surface area contributed by atoms with Crippen LogP contribution in [0.15, 0.2) is 36.4 Å². The Morgan fingerprint density at radius 3 is 2.20 bits per heavy atom. The Kier molecular flexibility index (Phi) is 5.78. The summed E-state index contributed by atoms with van der Waals surface area (Å²) in [6.07, 6.45) is 0. The lowest BCUT2D eigenvalue weighted by atomic mass is 10.1. The Bertz CT molecular complexity index is 789. The van der Waals surface area contributed by atoms with E-state index in [9.17, 15) is 14.9 Å². The normalized spacial score (nSPS) is 10.0. The van der Waals surface area contributed by atoms with E-state index in [2.05, 4.69) is 0 Å². The van der Waals surface area contributed by atoms with Crippen LogP contribution in [0.4, 0.5) is 5.69 Å². The summed E-state index contributed by atoms with van der Waals surface area (Å²) in [7, 11) is 4.30. The third-order valence-electron chi connectivity index (χ3n) is 3.47. The summed E-state index contributed by atoms with van der Waals surface area (Å²) in [5.41, 5.74) is 0.300. The molecule has 0 radical (unpaired) electrons. The highest BCUT2D eigenvalue weighted by molar-refractivity contribution is 5.93. The maximum atomic E-state index is 12.4. The SMILES string of the molecule is COc1cc(OC)c(C(=O)OCc2ccccc2[N+](=O)[O-])cc1OC. The molecule has 0 aliphatic heterocycles. The third kappa shape index (κ3) is 3.97. The number of esters is 1. The van der Waals surface area contributed by atoms with Crippen LogP contribution in [0.3, 0.4) is 0 Å². The molecule has 0 heterocycles. The zero-order valence-corrected chi connectivity index (χ0v) is 14.0. The van der Waals surface area contributed by atoms with Gasteiger partial charge in [-0.3, -0.25) is 10.1 Å². The lowest BCUT2D eigenvalue weighted by Gasteiger charge is -2.13. The molecule has 0 aromatic heterocycles. The van der Waals surface area contributed by atoms with Gasteiger partial charge in [0.1, 0.15) is 17.9 Å². The number of carbonyl (C=O) groups is 1. The zero-order chi connectivity index (χ0) is 18.4. The number of rotatable bonds is 7. The van der Waals surface area contributed by atoms with Crippen molar-refractivity contribution in [3.63, 3.8) is 0 Å². The quantitative estimate of drug-likeness (QED) is 0.431. The predicted octanol–water partition coefficient (Wildman–Crippen LogP) is 2.98. The molecule has 8 nitrogen and oxygen atoms in total. The largest absolute Gasteiger partial charge is 0.496 e. The van der Waals surface area contributed by atoms with Crippen molar-refractivity contribution >= 4 is 11.7 Å². The highest BCUT2D eigenvalue weighted by Gasteiger charge is 2.20. The number of benzene rings is 2. The molecule has 2 aromatic carbocycles. The molecule has 0 bridgehead atoms. The average molecular weight is 347 g/mol. The van der Waals surface area contributed by atoms with Crippen LogP contribution in [0, 0.1) is 10.1 Å².